The predicted octanol–water partition coefficient (Wildman–Crippen LogP) is 12.7. The van der Waals surface area contributed by atoms with Crippen molar-refractivity contribution in [3.05, 3.63) is 223 Å². The van der Waals surface area contributed by atoms with Crippen LogP contribution in [0, 0.1) is 0 Å². The molecule has 0 saturated carbocycles. The van der Waals surface area contributed by atoms with Crippen LogP contribution < -0.4 is 4.74 Å². The Hall–Kier alpha value is -7.43. The lowest BCUT2D eigenvalue weighted by Crippen LogP contribution is -2.32. The van der Waals surface area contributed by atoms with Gasteiger partial charge in [0.2, 0.25) is 0 Å². The summed E-state index contributed by atoms with van der Waals surface area (Å²) in [5.41, 5.74) is 15.9. The minimum Gasteiger partial charge on any atom is -0.457 e. The highest BCUT2D eigenvalue weighted by Crippen LogP contribution is 2.62. The van der Waals surface area contributed by atoms with E-state index >= 15 is 0 Å². The molecule has 3 heterocycles. The number of aromatic nitrogens is 3. The van der Waals surface area contributed by atoms with Crippen molar-refractivity contribution in [2.75, 3.05) is 0 Å². The molecule has 262 valence electrons. The number of fused-ring (bicyclic) bond motifs is 9. The molecule has 0 atom stereocenters. The monoisotopic (exact) mass is 715 g/mol. The normalized spacial score (nSPS) is 12.9. The van der Waals surface area contributed by atoms with Crippen LogP contribution in [-0.2, 0) is 5.41 Å². The van der Waals surface area contributed by atoms with Crippen molar-refractivity contribution >= 4 is 0 Å². The van der Waals surface area contributed by atoms with Crippen molar-refractivity contribution in [1.82, 2.24) is 15.0 Å². The van der Waals surface area contributed by atoms with Crippen LogP contribution in [0.1, 0.15) is 22.3 Å². The molecule has 0 radical (unpaired) electrons. The quantitative estimate of drug-likeness (QED) is 0.178. The molecule has 56 heavy (non-hydrogen) atoms. The van der Waals surface area contributed by atoms with E-state index in [0.717, 1.165) is 73.0 Å². The summed E-state index contributed by atoms with van der Waals surface area (Å²) in [6, 6.07) is 66.4. The minimum absolute atomic E-state index is 0.607. The fraction of sp³-hybridized carbons (Fsp3) is 0.0192. The van der Waals surface area contributed by atoms with E-state index in [2.05, 4.69) is 157 Å². The maximum atomic E-state index is 6.65. The lowest BCUT2D eigenvalue weighted by Gasteiger charge is -2.39. The second-order valence-corrected chi connectivity index (χ2v) is 14.4. The summed E-state index contributed by atoms with van der Waals surface area (Å²) in [4.78, 5) is 14.6. The van der Waals surface area contributed by atoms with Crippen LogP contribution in [0.4, 0.5) is 0 Å². The van der Waals surface area contributed by atoms with E-state index in [-0.39, 0.29) is 0 Å². The number of benzene rings is 7. The number of hydrogen-bond acceptors (Lipinski definition) is 4. The van der Waals surface area contributed by atoms with Crippen molar-refractivity contribution in [1.29, 1.82) is 0 Å². The largest absolute Gasteiger partial charge is 0.457 e. The van der Waals surface area contributed by atoms with Gasteiger partial charge in [0, 0.05) is 40.2 Å². The number of pyridine rings is 1. The van der Waals surface area contributed by atoms with Gasteiger partial charge in [-0.1, -0.05) is 140 Å². The van der Waals surface area contributed by atoms with Crippen LogP contribution in [0.3, 0.4) is 0 Å². The Morgan fingerprint density at radius 2 is 0.821 bits per heavy atom. The van der Waals surface area contributed by atoms with Crippen LogP contribution in [-0.4, -0.2) is 15.0 Å². The van der Waals surface area contributed by atoms with Crippen LogP contribution >= 0.6 is 0 Å². The molecular weight excluding hydrogens is 683 g/mol. The summed E-state index contributed by atoms with van der Waals surface area (Å²) in [5.74, 6) is 2.43. The van der Waals surface area contributed by atoms with Gasteiger partial charge in [-0.05, 0) is 93.0 Å². The van der Waals surface area contributed by atoms with Gasteiger partial charge in [-0.15, -0.1) is 0 Å². The summed E-state index contributed by atoms with van der Waals surface area (Å²) >= 11 is 0. The van der Waals surface area contributed by atoms with Gasteiger partial charge in [0.1, 0.15) is 11.5 Å². The first kappa shape index (κ1) is 32.0. The smallest absolute Gasteiger partial charge is 0.160 e. The first-order chi connectivity index (χ1) is 27.7. The SMILES string of the molecule is c1ccc(-c2cc(-c3ccccc3)nc(-c3cccc(-c4ccc5c(c4)C4(c6ccccc6Oc6ccccc64)c4cc(-c6ccncc6)ccc4-5)c3)n2)cc1. The molecule has 0 unspecified atom stereocenters. The topological polar surface area (TPSA) is 47.9 Å². The van der Waals surface area contributed by atoms with Crippen molar-refractivity contribution in [2.24, 2.45) is 0 Å². The summed E-state index contributed by atoms with van der Waals surface area (Å²) in [6.07, 6.45) is 3.72. The molecule has 11 rings (SSSR count). The van der Waals surface area contributed by atoms with Gasteiger partial charge in [0.25, 0.3) is 0 Å². The number of hydrogen-bond donors (Lipinski definition) is 0. The number of para-hydroxylation sites is 2. The summed E-state index contributed by atoms with van der Waals surface area (Å²) < 4.78 is 6.65. The highest BCUT2D eigenvalue weighted by atomic mass is 16.5. The van der Waals surface area contributed by atoms with E-state index in [0.29, 0.717) is 5.82 Å². The molecule has 0 fully saturated rings. The van der Waals surface area contributed by atoms with E-state index in [9.17, 15) is 0 Å². The molecule has 2 aromatic heterocycles. The van der Waals surface area contributed by atoms with Crippen LogP contribution in [0.25, 0.3) is 67.3 Å². The molecule has 9 aromatic rings. The van der Waals surface area contributed by atoms with Gasteiger partial charge in [-0.25, -0.2) is 9.97 Å². The van der Waals surface area contributed by atoms with Crippen molar-refractivity contribution in [3.8, 4) is 78.8 Å². The molecule has 1 spiro atoms. The van der Waals surface area contributed by atoms with Crippen molar-refractivity contribution in [2.45, 2.75) is 5.41 Å². The molecule has 0 N–H and O–H groups in total. The molecule has 1 aliphatic carbocycles. The Morgan fingerprint density at radius 3 is 1.41 bits per heavy atom. The second-order valence-electron chi connectivity index (χ2n) is 14.4. The lowest BCUT2D eigenvalue weighted by molar-refractivity contribution is 0.436. The average molecular weight is 716 g/mol. The zero-order valence-electron chi connectivity index (χ0n) is 30.3. The fourth-order valence-electron chi connectivity index (χ4n) is 8.73. The molecule has 0 bridgehead atoms. The minimum atomic E-state index is -0.607. The van der Waals surface area contributed by atoms with E-state index in [1.807, 2.05) is 48.8 Å². The molecule has 2 aliphatic rings. The van der Waals surface area contributed by atoms with E-state index in [1.54, 1.807) is 0 Å². The molecule has 0 saturated heterocycles. The van der Waals surface area contributed by atoms with Crippen LogP contribution in [0.15, 0.2) is 200 Å². The lowest BCUT2D eigenvalue weighted by atomic mass is 9.65. The van der Waals surface area contributed by atoms with Gasteiger partial charge in [0.05, 0.1) is 16.8 Å². The maximum absolute atomic E-state index is 6.65. The molecule has 4 nitrogen and oxygen atoms in total. The number of ether oxygens (including phenoxy) is 1. The molecular formula is C52H33N3O. The van der Waals surface area contributed by atoms with Crippen LogP contribution in [0.5, 0.6) is 11.5 Å². The van der Waals surface area contributed by atoms with Gasteiger partial charge in [-0.3, -0.25) is 4.98 Å². The number of nitrogens with zero attached hydrogens (tertiary/aromatic N) is 3. The van der Waals surface area contributed by atoms with E-state index < -0.39 is 5.41 Å². The Morgan fingerprint density at radius 1 is 0.339 bits per heavy atom. The zero-order chi connectivity index (χ0) is 37.1. The second kappa shape index (κ2) is 12.9. The Labute approximate surface area is 325 Å². The standard InChI is InChI=1S/C52H33N3O/c1-3-12-35(13-4-1)47-33-48(36-14-5-2-6-15-36)55-51(54-47)40-17-11-16-37(30-40)39-23-25-42-41-24-22-38(34-26-28-53-29-27-34)31-45(41)52(46(42)32-39)43-18-7-9-20-49(43)56-50-21-10-8-19-44(50)52/h1-33H. The molecule has 4 heteroatoms. The average Bonchev–Trinajstić information content (AvgIpc) is 3.56. The van der Waals surface area contributed by atoms with E-state index in [1.165, 1.54) is 22.3 Å². The third-order valence-electron chi connectivity index (χ3n) is 11.3. The van der Waals surface area contributed by atoms with Gasteiger partial charge in [0.15, 0.2) is 5.82 Å². The first-order valence-corrected chi connectivity index (χ1v) is 18.9. The van der Waals surface area contributed by atoms with Gasteiger partial charge in [-0.2, -0.15) is 0 Å². The Bertz CT molecular complexity index is 2840. The third kappa shape index (κ3) is 5.04. The summed E-state index contributed by atoms with van der Waals surface area (Å²) in [7, 11) is 0. The summed E-state index contributed by atoms with van der Waals surface area (Å²) in [5, 5.41) is 0. The Balaban J connectivity index is 1.11. The zero-order valence-corrected chi connectivity index (χ0v) is 30.3. The molecule has 7 aromatic carbocycles. The van der Waals surface area contributed by atoms with Crippen LogP contribution in [0.2, 0.25) is 0 Å². The number of rotatable bonds is 5. The predicted molar refractivity (Wildman–Crippen MR) is 224 cm³/mol. The van der Waals surface area contributed by atoms with E-state index in [4.69, 9.17) is 14.7 Å². The highest BCUT2D eigenvalue weighted by Gasteiger charge is 2.51. The van der Waals surface area contributed by atoms with Crippen molar-refractivity contribution in [3.63, 3.8) is 0 Å². The first-order valence-electron chi connectivity index (χ1n) is 18.9. The highest BCUT2D eigenvalue weighted by molar-refractivity contribution is 5.92. The third-order valence-corrected chi connectivity index (χ3v) is 11.3. The van der Waals surface area contributed by atoms with Gasteiger partial charge < -0.3 is 4.74 Å². The maximum Gasteiger partial charge on any atom is 0.160 e. The van der Waals surface area contributed by atoms with Gasteiger partial charge >= 0.3 is 0 Å². The fourth-order valence-corrected chi connectivity index (χ4v) is 8.73. The molecule has 0 amide bonds. The summed E-state index contributed by atoms with van der Waals surface area (Å²) in [6.45, 7) is 0. The van der Waals surface area contributed by atoms with Crippen molar-refractivity contribution < 1.29 is 4.74 Å². The Kier molecular flexibility index (Phi) is 7.36. The molecule has 1 aliphatic heterocycles.